The van der Waals surface area contributed by atoms with Gasteiger partial charge in [0, 0.05) is 29.8 Å². The molecule has 2 aromatic rings. The number of aromatic nitrogens is 2. The van der Waals surface area contributed by atoms with Crippen molar-refractivity contribution in [1.82, 2.24) is 10.1 Å². The summed E-state index contributed by atoms with van der Waals surface area (Å²) in [6.45, 7) is 3.65. The molecule has 14 heavy (non-hydrogen) atoms. The molecule has 1 aromatic heterocycles. The summed E-state index contributed by atoms with van der Waals surface area (Å²) in [6.07, 6.45) is 1.75. The highest BCUT2D eigenvalue weighted by molar-refractivity contribution is 5.54. The topological polar surface area (TPSA) is 58.9 Å². The summed E-state index contributed by atoms with van der Waals surface area (Å²) < 4.78 is 4.39. The Morgan fingerprint density at radius 2 is 2.07 bits per heavy atom. The number of benzene rings is 1. The van der Waals surface area contributed by atoms with Crippen molar-refractivity contribution < 1.29 is 4.52 Å². The largest absolute Gasteiger partial charge is 0.439 e. The Bertz CT molecular complexity index is 467. The second-order valence-corrected chi connectivity index (χ2v) is 2.77. The molecule has 1 aromatic carbocycles. The van der Waals surface area contributed by atoms with Gasteiger partial charge in [0.15, 0.2) is 5.82 Å². The molecule has 4 heteroatoms. The van der Waals surface area contributed by atoms with E-state index in [1.54, 1.807) is 6.42 Å². The maximum Gasteiger partial charge on any atom is 0.439 e. The van der Waals surface area contributed by atoms with Crippen LogP contribution in [0.2, 0.25) is 0 Å². The van der Waals surface area contributed by atoms with Gasteiger partial charge >= 0.3 is 5.76 Å². The minimum atomic E-state index is -0.548. The van der Waals surface area contributed by atoms with Crippen LogP contribution in [0.3, 0.4) is 0 Å². The van der Waals surface area contributed by atoms with Crippen LogP contribution in [0.1, 0.15) is 5.56 Å². The standard InChI is InChI=1S/C10H8N2O2/c1-2-7-3-5-8(6-4-7)9-11-10(13)14-12-9/h2-6H,1H2,(H,11,12,13). The molecule has 0 amide bonds. The molecule has 70 valence electrons. The first kappa shape index (κ1) is 8.62. The zero-order valence-electron chi connectivity index (χ0n) is 7.36. The van der Waals surface area contributed by atoms with Crippen LogP contribution < -0.4 is 5.76 Å². The monoisotopic (exact) mass is 188 g/mol. The van der Waals surface area contributed by atoms with Gasteiger partial charge in [0.05, 0.1) is 5.56 Å². The van der Waals surface area contributed by atoms with Crippen molar-refractivity contribution in [3.8, 4) is 11.4 Å². The third kappa shape index (κ3) is 1.54. The fraction of sp³-hybridized carbons (Fsp3) is 0. The SMILES string of the molecule is [CH2-][CH+]c1ccc(-c2noc(=O)[nH]2)cc1. The van der Waals surface area contributed by atoms with Crippen LogP contribution in [-0.4, -0.2) is 10.1 Å². The van der Waals surface area contributed by atoms with Crippen LogP contribution in [0, 0.1) is 13.3 Å². The third-order valence-electron chi connectivity index (χ3n) is 1.86. The quantitative estimate of drug-likeness (QED) is 0.725. The van der Waals surface area contributed by atoms with E-state index in [4.69, 9.17) is 0 Å². The zero-order chi connectivity index (χ0) is 9.97. The molecule has 0 radical (unpaired) electrons. The van der Waals surface area contributed by atoms with Gasteiger partial charge < -0.3 is 0 Å². The Hall–Kier alpha value is -1.97. The van der Waals surface area contributed by atoms with Gasteiger partial charge in [-0.05, 0) is 0 Å². The Morgan fingerprint density at radius 1 is 1.36 bits per heavy atom. The van der Waals surface area contributed by atoms with E-state index in [9.17, 15) is 4.79 Å². The predicted molar refractivity (Wildman–Crippen MR) is 51.3 cm³/mol. The minimum absolute atomic E-state index is 0.436. The van der Waals surface area contributed by atoms with E-state index >= 15 is 0 Å². The molecule has 0 aliphatic carbocycles. The fourth-order valence-corrected chi connectivity index (χ4v) is 1.13. The first-order chi connectivity index (χ1) is 6.79. The van der Waals surface area contributed by atoms with Crippen molar-refractivity contribution in [2.24, 2.45) is 0 Å². The van der Waals surface area contributed by atoms with Crippen molar-refractivity contribution in [1.29, 1.82) is 0 Å². The van der Waals surface area contributed by atoms with E-state index in [-0.39, 0.29) is 0 Å². The summed E-state index contributed by atoms with van der Waals surface area (Å²) in [5.41, 5.74) is 1.82. The van der Waals surface area contributed by atoms with Gasteiger partial charge in [0.1, 0.15) is 0 Å². The highest BCUT2D eigenvalue weighted by atomic mass is 16.5. The van der Waals surface area contributed by atoms with Gasteiger partial charge in [0.2, 0.25) is 0 Å². The van der Waals surface area contributed by atoms with E-state index < -0.39 is 5.76 Å². The summed E-state index contributed by atoms with van der Waals surface area (Å²) in [5.74, 6) is -0.113. The van der Waals surface area contributed by atoms with Crippen molar-refractivity contribution >= 4 is 0 Å². The number of aromatic amines is 1. The number of nitrogens with zero attached hydrogens (tertiary/aromatic N) is 1. The average Bonchev–Trinajstić information content (AvgIpc) is 2.65. The fourth-order valence-electron chi connectivity index (χ4n) is 1.13. The van der Waals surface area contributed by atoms with Gasteiger partial charge in [-0.25, -0.2) is 4.79 Å². The maximum absolute atomic E-state index is 10.7. The van der Waals surface area contributed by atoms with Crippen LogP contribution in [-0.2, 0) is 0 Å². The van der Waals surface area contributed by atoms with Gasteiger partial charge in [-0.3, -0.25) is 16.4 Å². The van der Waals surface area contributed by atoms with E-state index in [0.29, 0.717) is 5.82 Å². The van der Waals surface area contributed by atoms with Crippen LogP contribution in [0.15, 0.2) is 33.6 Å². The molecule has 0 aliphatic heterocycles. The number of hydrogen-bond acceptors (Lipinski definition) is 3. The Kier molecular flexibility index (Phi) is 2.10. The van der Waals surface area contributed by atoms with Gasteiger partial charge in [-0.2, -0.15) is 0 Å². The van der Waals surface area contributed by atoms with E-state index in [0.717, 1.165) is 11.1 Å². The highest BCUT2D eigenvalue weighted by Gasteiger charge is 2.05. The summed E-state index contributed by atoms with van der Waals surface area (Å²) in [4.78, 5) is 13.2. The number of H-pyrrole nitrogens is 1. The summed E-state index contributed by atoms with van der Waals surface area (Å²) in [7, 11) is 0. The van der Waals surface area contributed by atoms with Crippen LogP contribution in [0.5, 0.6) is 0 Å². The normalized spacial score (nSPS) is 10.1. The van der Waals surface area contributed by atoms with Crippen molar-refractivity contribution in [2.75, 3.05) is 0 Å². The molecule has 0 aliphatic rings. The van der Waals surface area contributed by atoms with E-state index in [1.165, 1.54) is 0 Å². The van der Waals surface area contributed by atoms with Gasteiger partial charge in [0.25, 0.3) is 0 Å². The van der Waals surface area contributed by atoms with Crippen LogP contribution in [0.25, 0.3) is 11.4 Å². The third-order valence-corrected chi connectivity index (χ3v) is 1.86. The Labute approximate surface area is 80.6 Å². The molecule has 0 bridgehead atoms. The van der Waals surface area contributed by atoms with Crippen molar-refractivity contribution in [3.05, 3.63) is 53.7 Å². The number of rotatable bonds is 2. The lowest BCUT2D eigenvalue weighted by molar-refractivity contribution is 0.388. The predicted octanol–water partition coefficient (Wildman–Crippen LogP) is 1.42. The highest BCUT2D eigenvalue weighted by Crippen LogP contribution is 2.14. The molecule has 1 N–H and O–H groups in total. The Morgan fingerprint density at radius 3 is 2.57 bits per heavy atom. The molecule has 0 fully saturated rings. The second-order valence-electron chi connectivity index (χ2n) is 2.77. The molecule has 0 saturated heterocycles. The van der Waals surface area contributed by atoms with Crippen LogP contribution in [0.4, 0.5) is 0 Å². The molecular formula is C10H8N2O2. The molecule has 0 atom stereocenters. The molecule has 2 rings (SSSR count). The second kappa shape index (κ2) is 3.41. The smallest absolute Gasteiger partial charge is 0.296 e. The summed E-state index contributed by atoms with van der Waals surface area (Å²) in [5, 5.41) is 3.57. The lowest BCUT2D eigenvalue weighted by Gasteiger charge is -1.93. The van der Waals surface area contributed by atoms with Crippen molar-refractivity contribution in [2.45, 2.75) is 0 Å². The first-order valence-corrected chi connectivity index (χ1v) is 4.08. The minimum Gasteiger partial charge on any atom is -0.296 e. The van der Waals surface area contributed by atoms with E-state index in [1.807, 2.05) is 24.3 Å². The first-order valence-electron chi connectivity index (χ1n) is 4.08. The molecule has 0 spiro atoms. The van der Waals surface area contributed by atoms with Gasteiger partial charge in [-0.1, -0.05) is 5.16 Å². The lowest BCUT2D eigenvalue weighted by atomic mass is 10.1. The Balaban J connectivity index is 2.38. The number of hydrogen-bond donors (Lipinski definition) is 1. The molecule has 4 nitrogen and oxygen atoms in total. The van der Waals surface area contributed by atoms with Crippen molar-refractivity contribution in [3.63, 3.8) is 0 Å². The average molecular weight is 188 g/mol. The molecule has 0 unspecified atom stereocenters. The summed E-state index contributed by atoms with van der Waals surface area (Å²) >= 11 is 0. The van der Waals surface area contributed by atoms with Crippen LogP contribution >= 0.6 is 0 Å². The van der Waals surface area contributed by atoms with E-state index in [2.05, 4.69) is 21.6 Å². The summed E-state index contributed by atoms with van der Waals surface area (Å²) in [6, 6.07) is 7.44. The maximum atomic E-state index is 10.7. The molecule has 0 saturated carbocycles. The number of nitrogens with one attached hydrogen (secondary N) is 1. The molecule has 1 heterocycles. The van der Waals surface area contributed by atoms with Gasteiger partial charge in [-0.15, -0.1) is 6.42 Å². The lowest BCUT2D eigenvalue weighted by Crippen LogP contribution is -1.94. The molecular weight excluding hydrogens is 180 g/mol. The zero-order valence-corrected chi connectivity index (χ0v) is 7.36.